The van der Waals surface area contributed by atoms with Crippen LogP contribution >= 0.6 is 0 Å². The second-order valence-electron chi connectivity index (χ2n) is 4.79. The van der Waals surface area contributed by atoms with E-state index in [1.807, 2.05) is 13.8 Å². The molecule has 6 nitrogen and oxygen atoms in total. The molecule has 1 rings (SSSR count). The average molecular weight is 277 g/mol. The number of aromatic nitrogens is 3. The molecule has 0 atom stereocenters. The Morgan fingerprint density at radius 2 is 2.11 bits per heavy atom. The highest BCUT2D eigenvalue weighted by Gasteiger charge is 2.31. The Labute approximate surface area is 109 Å². The van der Waals surface area contributed by atoms with Crippen molar-refractivity contribution in [3.63, 3.8) is 0 Å². The van der Waals surface area contributed by atoms with Crippen molar-refractivity contribution >= 4 is 5.97 Å². The average Bonchev–Trinajstić information content (AvgIpc) is 2.68. The maximum atomic E-state index is 13.1. The Morgan fingerprint density at radius 1 is 1.47 bits per heavy atom. The van der Waals surface area contributed by atoms with Gasteiger partial charge in [-0.15, -0.1) is 5.10 Å². The summed E-state index contributed by atoms with van der Waals surface area (Å²) in [5, 5.41) is 24.4. The molecule has 0 saturated carbocycles. The molecule has 0 radical (unpaired) electrons. The van der Waals surface area contributed by atoms with E-state index in [-0.39, 0.29) is 11.4 Å². The van der Waals surface area contributed by atoms with Gasteiger partial charge in [0.2, 0.25) is 0 Å². The molecule has 1 aromatic rings. The van der Waals surface area contributed by atoms with Gasteiger partial charge in [0.25, 0.3) is 5.92 Å². The molecule has 8 heteroatoms. The third-order valence-corrected chi connectivity index (χ3v) is 2.61. The zero-order valence-electron chi connectivity index (χ0n) is 10.8. The van der Waals surface area contributed by atoms with Crippen molar-refractivity contribution in [1.29, 1.82) is 0 Å². The zero-order chi connectivity index (χ0) is 14.6. The van der Waals surface area contributed by atoms with Crippen LogP contribution in [0.5, 0.6) is 0 Å². The fourth-order valence-corrected chi connectivity index (χ4v) is 1.57. The number of hydrogen-bond acceptors (Lipinski definition) is 4. The molecule has 0 amide bonds. The summed E-state index contributed by atoms with van der Waals surface area (Å²) in [5.41, 5.74) is -0.149. The second kappa shape index (κ2) is 6.05. The zero-order valence-corrected chi connectivity index (χ0v) is 10.8. The van der Waals surface area contributed by atoms with Crippen molar-refractivity contribution < 1.29 is 23.8 Å². The minimum Gasteiger partial charge on any atom is -0.476 e. The summed E-state index contributed by atoms with van der Waals surface area (Å²) in [4.78, 5) is 11.0. The van der Waals surface area contributed by atoms with Crippen LogP contribution < -0.4 is 0 Å². The van der Waals surface area contributed by atoms with Crippen LogP contribution in [0.2, 0.25) is 0 Å². The van der Waals surface area contributed by atoms with E-state index in [1.54, 1.807) is 0 Å². The predicted molar refractivity (Wildman–Crippen MR) is 62.2 cm³/mol. The van der Waals surface area contributed by atoms with Gasteiger partial charge in [-0.05, 0) is 18.8 Å². The lowest BCUT2D eigenvalue weighted by Crippen LogP contribution is -2.29. The number of halogens is 2. The van der Waals surface area contributed by atoms with Gasteiger partial charge in [0.05, 0.1) is 5.69 Å². The molecule has 0 fully saturated rings. The molecule has 0 aromatic carbocycles. The highest BCUT2D eigenvalue weighted by Crippen LogP contribution is 2.19. The van der Waals surface area contributed by atoms with Crippen LogP contribution in [0.4, 0.5) is 8.78 Å². The number of carboxylic acid groups (broad SMARTS) is 1. The van der Waals surface area contributed by atoms with Crippen molar-refractivity contribution in [2.45, 2.75) is 39.2 Å². The molecule has 0 saturated heterocycles. The molecule has 108 valence electrons. The quantitative estimate of drug-likeness (QED) is 0.781. The standard InChI is InChI=1S/C11H17F2N3O3/c1-7(2)3-4-8-9(10(18)19)14-15-16(8)5-11(12,13)6-17/h7,17H,3-6H2,1-2H3,(H,18,19). The van der Waals surface area contributed by atoms with E-state index in [4.69, 9.17) is 10.2 Å². The van der Waals surface area contributed by atoms with Crippen LogP contribution in [0.1, 0.15) is 36.5 Å². The fourth-order valence-electron chi connectivity index (χ4n) is 1.57. The smallest absolute Gasteiger partial charge is 0.358 e. The van der Waals surface area contributed by atoms with Crippen LogP contribution in [0.15, 0.2) is 0 Å². The molecule has 0 unspecified atom stereocenters. The van der Waals surface area contributed by atoms with Crippen LogP contribution in [-0.4, -0.2) is 43.7 Å². The number of aliphatic hydroxyl groups excluding tert-OH is 1. The molecule has 0 bridgehead atoms. The van der Waals surface area contributed by atoms with Gasteiger partial charge in [-0.3, -0.25) is 0 Å². The van der Waals surface area contributed by atoms with E-state index in [0.717, 1.165) is 4.68 Å². The van der Waals surface area contributed by atoms with Crippen LogP contribution in [0.3, 0.4) is 0 Å². The molecule has 0 spiro atoms. The largest absolute Gasteiger partial charge is 0.476 e. The van der Waals surface area contributed by atoms with Crippen LogP contribution in [-0.2, 0) is 13.0 Å². The lowest BCUT2D eigenvalue weighted by atomic mass is 10.1. The third-order valence-electron chi connectivity index (χ3n) is 2.61. The monoisotopic (exact) mass is 277 g/mol. The first kappa shape index (κ1) is 15.5. The first-order valence-corrected chi connectivity index (χ1v) is 5.91. The molecule has 0 aliphatic carbocycles. The van der Waals surface area contributed by atoms with E-state index in [0.29, 0.717) is 18.8 Å². The molecule has 0 aliphatic heterocycles. The second-order valence-corrected chi connectivity index (χ2v) is 4.79. The lowest BCUT2D eigenvalue weighted by molar-refractivity contribution is -0.0660. The first-order valence-electron chi connectivity index (χ1n) is 5.91. The Hall–Kier alpha value is -1.57. The summed E-state index contributed by atoms with van der Waals surface area (Å²) in [6.45, 7) is 1.68. The maximum Gasteiger partial charge on any atom is 0.358 e. The highest BCUT2D eigenvalue weighted by atomic mass is 19.3. The summed E-state index contributed by atoms with van der Waals surface area (Å²) in [7, 11) is 0. The van der Waals surface area contributed by atoms with Gasteiger partial charge in [-0.1, -0.05) is 19.1 Å². The van der Waals surface area contributed by atoms with Gasteiger partial charge < -0.3 is 10.2 Å². The summed E-state index contributed by atoms with van der Waals surface area (Å²) < 4.78 is 27.1. The summed E-state index contributed by atoms with van der Waals surface area (Å²) in [5.74, 6) is -4.35. The van der Waals surface area contributed by atoms with E-state index >= 15 is 0 Å². The number of aliphatic hydroxyl groups is 1. The molecule has 0 aliphatic rings. The van der Waals surface area contributed by atoms with E-state index in [2.05, 4.69) is 10.3 Å². The summed E-state index contributed by atoms with van der Waals surface area (Å²) in [6, 6.07) is 0. The summed E-state index contributed by atoms with van der Waals surface area (Å²) >= 11 is 0. The Balaban J connectivity index is 3.00. The van der Waals surface area contributed by atoms with E-state index in [1.165, 1.54) is 0 Å². The van der Waals surface area contributed by atoms with Crippen LogP contribution in [0.25, 0.3) is 0 Å². The van der Waals surface area contributed by atoms with Gasteiger partial charge in [-0.2, -0.15) is 0 Å². The van der Waals surface area contributed by atoms with Crippen molar-refractivity contribution in [1.82, 2.24) is 15.0 Å². The maximum absolute atomic E-state index is 13.1. The Kier molecular flexibility index (Phi) is 4.93. The Morgan fingerprint density at radius 3 is 2.58 bits per heavy atom. The van der Waals surface area contributed by atoms with Crippen LogP contribution in [0, 0.1) is 5.92 Å². The molecule has 1 aromatic heterocycles. The fraction of sp³-hybridized carbons (Fsp3) is 0.727. The SMILES string of the molecule is CC(C)CCc1c(C(=O)O)nnn1CC(F)(F)CO. The van der Waals surface area contributed by atoms with E-state index < -0.39 is 25.0 Å². The van der Waals surface area contributed by atoms with Crippen molar-refractivity contribution in [2.75, 3.05) is 6.61 Å². The summed E-state index contributed by atoms with van der Waals surface area (Å²) in [6.07, 6.45) is 0.937. The minimum atomic E-state index is -3.35. The number of aromatic carboxylic acids is 1. The molecule has 1 heterocycles. The van der Waals surface area contributed by atoms with Gasteiger partial charge in [-0.25, -0.2) is 18.3 Å². The lowest BCUT2D eigenvalue weighted by Gasteiger charge is -2.15. The number of carbonyl (C=O) groups is 1. The van der Waals surface area contributed by atoms with Gasteiger partial charge in [0.1, 0.15) is 13.2 Å². The number of carboxylic acids is 1. The number of nitrogens with zero attached hydrogens (tertiary/aromatic N) is 3. The molecule has 19 heavy (non-hydrogen) atoms. The van der Waals surface area contributed by atoms with Crippen molar-refractivity contribution in [3.05, 3.63) is 11.4 Å². The van der Waals surface area contributed by atoms with Crippen molar-refractivity contribution in [2.24, 2.45) is 5.92 Å². The highest BCUT2D eigenvalue weighted by molar-refractivity contribution is 5.86. The number of rotatable bonds is 7. The topological polar surface area (TPSA) is 88.2 Å². The molecule has 2 N–H and O–H groups in total. The first-order chi connectivity index (χ1) is 8.76. The van der Waals surface area contributed by atoms with E-state index in [9.17, 15) is 13.6 Å². The van der Waals surface area contributed by atoms with Gasteiger partial charge in [0.15, 0.2) is 5.69 Å². The van der Waals surface area contributed by atoms with Gasteiger partial charge >= 0.3 is 5.97 Å². The number of hydrogen-bond donors (Lipinski definition) is 2. The minimum absolute atomic E-state index is 0.161. The predicted octanol–water partition coefficient (Wildman–Crippen LogP) is 1.19. The Bertz CT molecular complexity index is 446. The molecular formula is C11H17F2N3O3. The number of alkyl halides is 2. The third kappa shape index (κ3) is 4.23. The molecular weight excluding hydrogens is 260 g/mol. The normalized spacial score (nSPS) is 12.1. The van der Waals surface area contributed by atoms with Gasteiger partial charge in [0, 0.05) is 0 Å². The van der Waals surface area contributed by atoms with Crippen molar-refractivity contribution in [3.8, 4) is 0 Å².